The SMILES string of the molecule is COc1ccc(CN(C)C(=O)COC(=O)c2ccc(-n3nc(C)cc3C)cc2)cc1F. The van der Waals surface area contributed by atoms with E-state index in [-0.39, 0.29) is 12.3 Å². The molecule has 0 N–H and O–H groups in total. The monoisotopic (exact) mass is 425 g/mol. The third-order valence-corrected chi connectivity index (χ3v) is 4.75. The number of carbonyl (C=O) groups is 2. The number of methoxy groups -OCH3 is 1. The molecule has 2 aromatic carbocycles. The minimum absolute atomic E-state index is 0.135. The van der Waals surface area contributed by atoms with Crippen LogP contribution >= 0.6 is 0 Å². The van der Waals surface area contributed by atoms with Gasteiger partial charge in [0, 0.05) is 19.3 Å². The van der Waals surface area contributed by atoms with E-state index in [0.717, 1.165) is 17.1 Å². The van der Waals surface area contributed by atoms with E-state index in [0.29, 0.717) is 11.1 Å². The van der Waals surface area contributed by atoms with Gasteiger partial charge in [-0.15, -0.1) is 0 Å². The molecule has 0 bridgehead atoms. The van der Waals surface area contributed by atoms with Crippen LogP contribution in [-0.2, 0) is 16.1 Å². The number of halogens is 1. The summed E-state index contributed by atoms with van der Waals surface area (Å²) < 4.78 is 25.6. The van der Waals surface area contributed by atoms with Crippen LogP contribution in [0.3, 0.4) is 0 Å². The van der Waals surface area contributed by atoms with E-state index >= 15 is 0 Å². The van der Waals surface area contributed by atoms with Gasteiger partial charge in [-0.3, -0.25) is 4.79 Å². The van der Waals surface area contributed by atoms with E-state index in [9.17, 15) is 14.0 Å². The van der Waals surface area contributed by atoms with Gasteiger partial charge in [0.1, 0.15) is 0 Å². The summed E-state index contributed by atoms with van der Waals surface area (Å²) in [4.78, 5) is 25.9. The van der Waals surface area contributed by atoms with Crippen molar-refractivity contribution in [1.82, 2.24) is 14.7 Å². The highest BCUT2D eigenvalue weighted by molar-refractivity contribution is 5.91. The summed E-state index contributed by atoms with van der Waals surface area (Å²) in [5, 5.41) is 4.40. The van der Waals surface area contributed by atoms with Crippen LogP contribution in [0, 0.1) is 19.7 Å². The largest absolute Gasteiger partial charge is 0.494 e. The summed E-state index contributed by atoms with van der Waals surface area (Å²) in [5.74, 6) is -1.37. The third kappa shape index (κ3) is 5.28. The summed E-state index contributed by atoms with van der Waals surface area (Å²) in [7, 11) is 2.94. The topological polar surface area (TPSA) is 73.7 Å². The number of esters is 1. The second-order valence-electron chi connectivity index (χ2n) is 7.18. The first kappa shape index (κ1) is 22.0. The zero-order chi connectivity index (χ0) is 22.5. The summed E-state index contributed by atoms with van der Waals surface area (Å²) in [6.07, 6.45) is 0. The molecule has 0 saturated carbocycles. The first-order valence-electron chi connectivity index (χ1n) is 9.65. The van der Waals surface area contributed by atoms with Crippen molar-refractivity contribution in [3.8, 4) is 11.4 Å². The van der Waals surface area contributed by atoms with Gasteiger partial charge in [-0.05, 0) is 61.9 Å². The summed E-state index contributed by atoms with van der Waals surface area (Å²) in [6.45, 7) is 3.63. The van der Waals surface area contributed by atoms with Gasteiger partial charge in [-0.25, -0.2) is 13.9 Å². The van der Waals surface area contributed by atoms with Crippen molar-refractivity contribution >= 4 is 11.9 Å². The van der Waals surface area contributed by atoms with Crippen LogP contribution < -0.4 is 4.74 Å². The van der Waals surface area contributed by atoms with E-state index in [1.54, 1.807) is 42.1 Å². The summed E-state index contributed by atoms with van der Waals surface area (Å²) in [6, 6.07) is 13.2. The number of hydrogen-bond donors (Lipinski definition) is 0. The highest BCUT2D eigenvalue weighted by Gasteiger charge is 2.15. The fourth-order valence-corrected chi connectivity index (χ4v) is 3.12. The van der Waals surface area contributed by atoms with Gasteiger partial charge < -0.3 is 14.4 Å². The molecular formula is C23H24FN3O4. The van der Waals surface area contributed by atoms with Crippen molar-refractivity contribution in [3.63, 3.8) is 0 Å². The Morgan fingerprint density at radius 1 is 1.10 bits per heavy atom. The first-order chi connectivity index (χ1) is 14.8. The molecule has 0 aliphatic carbocycles. The maximum absolute atomic E-state index is 13.8. The predicted octanol–water partition coefficient (Wildman–Crippen LogP) is 3.45. The molecular weight excluding hydrogens is 401 g/mol. The number of rotatable bonds is 7. The number of aryl methyl sites for hydroxylation is 2. The Morgan fingerprint density at radius 2 is 1.81 bits per heavy atom. The molecule has 0 aliphatic rings. The number of likely N-dealkylation sites (N-methyl/N-ethyl adjacent to an activating group) is 1. The van der Waals surface area contributed by atoms with Crippen molar-refractivity contribution in [1.29, 1.82) is 0 Å². The fraction of sp³-hybridized carbons (Fsp3) is 0.261. The maximum atomic E-state index is 13.8. The number of carbonyl (C=O) groups excluding carboxylic acids is 2. The lowest BCUT2D eigenvalue weighted by atomic mass is 10.2. The molecule has 1 heterocycles. The lowest BCUT2D eigenvalue weighted by Gasteiger charge is -2.17. The molecule has 3 aromatic rings. The Kier molecular flexibility index (Phi) is 6.69. The molecule has 8 heteroatoms. The van der Waals surface area contributed by atoms with Crippen molar-refractivity contribution in [3.05, 3.63) is 76.9 Å². The Morgan fingerprint density at radius 3 is 2.39 bits per heavy atom. The minimum Gasteiger partial charge on any atom is -0.494 e. The van der Waals surface area contributed by atoms with Gasteiger partial charge in [-0.1, -0.05) is 6.07 Å². The van der Waals surface area contributed by atoms with Crippen molar-refractivity contribution < 1.29 is 23.5 Å². The Balaban J connectivity index is 1.55. The number of hydrogen-bond acceptors (Lipinski definition) is 5. The average molecular weight is 425 g/mol. The van der Waals surface area contributed by atoms with Crippen LogP contribution in [0.4, 0.5) is 4.39 Å². The predicted molar refractivity (Wildman–Crippen MR) is 113 cm³/mol. The van der Waals surface area contributed by atoms with Crippen LogP contribution in [0.2, 0.25) is 0 Å². The molecule has 7 nitrogen and oxygen atoms in total. The van der Waals surface area contributed by atoms with Crippen molar-refractivity contribution in [2.75, 3.05) is 20.8 Å². The minimum atomic E-state index is -0.600. The Bertz CT molecular complexity index is 1090. The molecule has 0 unspecified atom stereocenters. The molecule has 0 spiro atoms. The number of benzene rings is 2. The van der Waals surface area contributed by atoms with Gasteiger partial charge in [0.25, 0.3) is 5.91 Å². The summed E-state index contributed by atoms with van der Waals surface area (Å²) in [5.41, 5.74) is 3.64. The van der Waals surface area contributed by atoms with E-state index in [1.165, 1.54) is 24.1 Å². The van der Waals surface area contributed by atoms with Crippen LogP contribution in [0.1, 0.15) is 27.3 Å². The van der Waals surface area contributed by atoms with E-state index in [2.05, 4.69) is 5.10 Å². The zero-order valence-electron chi connectivity index (χ0n) is 17.9. The molecule has 0 aliphatic heterocycles. The molecule has 1 amide bonds. The Labute approximate surface area is 180 Å². The molecule has 1 aromatic heterocycles. The van der Waals surface area contributed by atoms with Crippen LogP contribution in [0.15, 0.2) is 48.5 Å². The highest BCUT2D eigenvalue weighted by Crippen LogP contribution is 2.18. The van der Waals surface area contributed by atoms with Crippen LogP contribution in [-0.4, -0.2) is 47.3 Å². The third-order valence-electron chi connectivity index (χ3n) is 4.75. The molecule has 162 valence electrons. The molecule has 3 rings (SSSR count). The second-order valence-corrected chi connectivity index (χ2v) is 7.18. The lowest BCUT2D eigenvalue weighted by Crippen LogP contribution is -2.30. The standard InChI is InChI=1S/C23H24FN3O4/c1-15-11-16(2)27(25-15)19-8-6-18(7-9-19)23(29)31-14-22(28)26(3)13-17-5-10-21(30-4)20(24)12-17/h5-12H,13-14H2,1-4H3. The van der Waals surface area contributed by atoms with E-state index < -0.39 is 24.3 Å². The normalized spacial score (nSPS) is 10.6. The maximum Gasteiger partial charge on any atom is 0.338 e. The van der Waals surface area contributed by atoms with Gasteiger partial charge in [0.2, 0.25) is 0 Å². The highest BCUT2D eigenvalue weighted by atomic mass is 19.1. The molecule has 0 saturated heterocycles. The van der Waals surface area contributed by atoms with Gasteiger partial charge in [-0.2, -0.15) is 5.10 Å². The van der Waals surface area contributed by atoms with Gasteiger partial charge in [0.05, 0.1) is 24.1 Å². The van der Waals surface area contributed by atoms with Crippen molar-refractivity contribution in [2.45, 2.75) is 20.4 Å². The molecule has 0 atom stereocenters. The quantitative estimate of drug-likeness (QED) is 0.542. The number of amides is 1. The smallest absolute Gasteiger partial charge is 0.338 e. The zero-order valence-corrected chi connectivity index (χ0v) is 17.9. The Hall–Kier alpha value is -3.68. The van der Waals surface area contributed by atoms with E-state index in [1.807, 2.05) is 19.9 Å². The summed E-state index contributed by atoms with van der Waals surface area (Å²) >= 11 is 0. The molecule has 0 radical (unpaired) electrons. The van der Waals surface area contributed by atoms with Crippen molar-refractivity contribution in [2.24, 2.45) is 0 Å². The lowest BCUT2D eigenvalue weighted by molar-refractivity contribution is -0.133. The average Bonchev–Trinajstić information content (AvgIpc) is 3.09. The first-order valence-corrected chi connectivity index (χ1v) is 9.65. The number of ether oxygens (including phenoxy) is 2. The number of aromatic nitrogens is 2. The second kappa shape index (κ2) is 9.42. The van der Waals surface area contributed by atoms with Crippen LogP contribution in [0.25, 0.3) is 5.69 Å². The van der Waals surface area contributed by atoms with Gasteiger partial charge in [0.15, 0.2) is 18.2 Å². The molecule has 31 heavy (non-hydrogen) atoms. The van der Waals surface area contributed by atoms with Gasteiger partial charge >= 0.3 is 5.97 Å². The fourth-order valence-electron chi connectivity index (χ4n) is 3.12. The van der Waals surface area contributed by atoms with Crippen LogP contribution in [0.5, 0.6) is 5.75 Å². The van der Waals surface area contributed by atoms with E-state index in [4.69, 9.17) is 9.47 Å². The molecule has 0 fully saturated rings. The number of nitrogens with zero attached hydrogens (tertiary/aromatic N) is 3.